The van der Waals surface area contributed by atoms with Gasteiger partial charge in [0.2, 0.25) is 5.91 Å². The molecule has 1 rings (SSSR count). The van der Waals surface area contributed by atoms with Crippen LogP contribution in [0.4, 0.5) is 17.1 Å². The van der Waals surface area contributed by atoms with Crippen LogP contribution in [0.5, 0.6) is 0 Å². The number of anilines is 2. The fourth-order valence-electron chi connectivity index (χ4n) is 1.47. The highest BCUT2D eigenvalue weighted by molar-refractivity contribution is 5.91. The third kappa shape index (κ3) is 3.19. The Morgan fingerprint density at radius 2 is 2.17 bits per heavy atom. The van der Waals surface area contributed by atoms with Gasteiger partial charge in [-0.15, -0.1) is 0 Å². The minimum Gasteiger partial charge on any atom is -0.380 e. The Morgan fingerprint density at radius 1 is 1.50 bits per heavy atom. The van der Waals surface area contributed by atoms with Gasteiger partial charge in [-0.3, -0.25) is 14.9 Å². The van der Waals surface area contributed by atoms with E-state index in [2.05, 4.69) is 5.32 Å². The quantitative estimate of drug-likeness (QED) is 0.644. The highest BCUT2D eigenvalue weighted by atomic mass is 16.6. The molecule has 0 bridgehead atoms. The highest BCUT2D eigenvalue weighted by Crippen LogP contribution is 2.29. The molecule has 18 heavy (non-hydrogen) atoms. The molecule has 0 unspecified atom stereocenters. The predicted molar refractivity (Wildman–Crippen MR) is 71.0 cm³/mol. The molecule has 0 aliphatic carbocycles. The van der Waals surface area contributed by atoms with Gasteiger partial charge < -0.3 is 10.2 Å². The molecule has 0 aliphatic rings. The monoisotopic (exact) mass is 251 g/mol. The molecule has 0 spiro atoms. The second kappa shape index (κ2) is 6.00. The van der Waals surface area contributed by atoms with Crippen LogP contribution in [0, 0.1) is 10.1 Å². The summed E-state index contributed by atoms with van der Waals surface area (Å²) in [6, 6.07) is 4.72. The lowest BCUT2D eigenvalue weighted by Crippen LogP contribution is -2.22. The number of nitrogens with one attached hydrogen (secondary N) is 1. The Morgan fingerprint density at radius 3 is 2.67 bits per heavy atom. The van der Waals surface area contributed by atoms with E-state index in [0.29, 0.717) is 17.9 Å². The summed E-state index contributed by atoms with van der Waals surface area (Å²) in [5.41, 5.74) is 0.966. The van der Waals surface area contributed by atoms with E-state index >= 15 is 0 Å². The van der Waals surface area contributed by atoms with Gasteiger partial charge in [-0.05, 0) is 18.6 Å². The maximum Gasteiger partial charge on any atom is 0.294 e. The van der Waals surface area contributed by atoms with E-state index in [1.165, 1.54) is 17.9 Å². The molecule has 6 heteroatoms. The van der Waals surface area contributed by atoms with Crippen LogP contribution in [-0.4, -0.2) is 24.4 Å². The number of benzene rings is 1. The zero-order valence-electron chi connectivity index (χ0n) is 10.8. The van der Waals surface area contributed by atoms with Gasteiger partial charge in [0.1, 0.15) is 5.69 Å². The number of nitro groups is 1. The van der Waals surface area contributed by atoms with Gasteiger partial charge in [0.15, 0.2) is 0 Å². The van der Waals surface area contributed by atoms with Crippen LogP contribution < -0.4 is 10.2 Å². The zero-order valence-corrected chi connectivity index (χ0v) is 10.8. The number of nitro benzene ring substituents is 1. The van der Waals surface area contributed by atoms with Crippen molar-refractivity contribution < 1.29 is 9.72 Å². The number of hydrogen-bond acceptors (Lipinski definition) is 4. The third-order valence-corrected chi connectivity index (χ3v) is 2.60. The van der Waals surface area contributed by atoms with Crippen molar-refractivity contribution in [2.24, 2.45) is 0 Å². The lowest BCUT2D eigenvalue weighted by Gasteiger charge is -2.15. The van der Waals surface area contributed by atoms with Crippen LogP contribution in [0.1, 0.15) is 20.3 Å². The number of nitrogens with zero attached hydrogens (tertiary/aromatic N) is 2. The smallest absolute Gasteiger partial charge is 0.294 e. The van der Waals surface area contributed by atoms with E-state index in [-0.39, 0.29) is 11.6 Å². The summed E-state index contributed by atoms with van der Waals surface area (Å²) in [6.07, 6.45) is 0.881. The molecule has 0 atom stereocenters. The number of carbonyl (C=O) groups is 1. The van der Waals surface area contributed by atoms with Gasteiger partial charge in [0.25, 0.3) is 5.69 Å². The maximum atomic E-state index is 11.2. The highest BCUT2D eigenvalue weighted by Gasteiger charge is 2.16. The fourth-order valence-corrected chi connectivity index (χ4v) is 1.47. The van der Waals surface area contributed by atoms with Crippen LogP contribution >= 0.6 is 0 Å². The van der Waals surface area contributed by atoms with Crippen molar-refractivity contribution in [3.63, 3.8) is 0 Å². The molecule has 0 radical (unpaired) electrons. The molecule has 0 saturated heterocycles. The van der Waals surface area contributed by atoms with Crippen LogP contribution in [0.3, 0.4) is 0 Å². The number of amides is 1. The summed E-state index contributed by atoms with van der Waals surface area (Å²) < 4.78 is 0. The van der Waals surface area contributed by atoms with E-state index < -0.39 is 4.92 Å². The molecule has 0 aliphatic heterocycles. The van der Waals surface area contributed by atoms with Crippen LogP contribution in [0.25, 0.3) is 0 Å². The molecule has 0 saturated carbocycles. The van der Waals surface area contributed by atoms with Crippen molar-refractivity contribution in [2.45, 2.75) is 20.3 Å². The van der Waals surface area contributed by atoms with Gasteiger partial charge in [-0.2, -0.15) is 0 Å². The lowest BCUT2D eigenvalue weighted by molar-refractivity contribution is -0.383. The van der Waals surface area contributed by atoms with Crippen molar-refractivity contribution in [2.75, 3.05) is 23.8 Å². The summed E-state index contributed by atoms with van der Waals surface area (Å²) in [5.74, 6) is -0.168. The van der Waals surface area contributed by atoms with E-state index in [1.807, 2.05) is 6.92 Å². The topological polar surface area (TPSA) is 75.5 Å². The fraction of sp³-hybridized carbons (Fsp3) is 0.417. The average molecular weight is 251 g/mol. The van der Waals surface area contributed by atoms with Gasteiger partial charge in [-0.1, -0.05) is 6.92 Å². The lowest BCUT2D eigenvalue weighted by atomic mass is 10.2. The first-order chi connectivity index (χ1) is 8.47. The molecule has 0 aromatic heterocycles. The Hall–Kier alpha value is -2.11. The Labute approximate surface area is 106 Å². The third-order valence-electron chi connectivity index (χ3n) is 2.60. The first-order valence-corrected chi connectivity index (χ1v) is 5.74. The summed E-state index contributed by atoms with van der Waals surface area (Å²) >= 11 is 0. The second-order valence-electron chi connectivity index (χ2n) is 3.96. The standard InChI is InChI=1S/C12H17N3O3/c1-4-7-13-11-6-5-10(14(3)9(2)16)8-12(11)15(17)18/h5-6,8,13H,4,7H2,1-3H3. The molecule has 1 aromatic carbocycles. The largest absolute Gasteiger partial charge is 0.380 e. The van der Waals surface area contributed by atoms with Crippen LogP contribution in [-0.2, 0) is 4.79 Å². The number of hydrogen-bond donors (Lipinski definition) is 1. The summed E-state index contributed by atoms with van der Waals surface area (Å²) in [4.78, 5) is 23.1. The molecule has 0 heterocycles. The van der Waals surface area contributed by atoms with Gasteiger partial charge in [0, 0.05) is 26.6 Å². The van der Waals surface area contributed by atoms with E-state index in [1.54, 1.807) is 19.2 Å². The van der Waals surface area contributed by atoms with Crippen LogP contribution in [0.15, 0.2) is 18.2 Å². The van der Waals surface area contributed by atoms with E-state index in [9.17, 15) is 14.9 Å². The predicted octanol–water partition coefficient (Wildman–Crippen LogP) is 2.40. The molecular formula is C12H17N3O3. The molecule has 98 valence electrons. The van der Waals surface area contributed by atoms with Crippen molar-refractivity contribution in [3.05, 3.63) is 28.3 Å². The first kappa shape index (κ1) is 14.0. The Bertz CT molecular complexity index is 460. The van der Waals surface area contributed by atoms with Crippen molar-refractivity contribution >= 4 is 23.0 Å². The summed E-state index contributed by atoms with van der Waals surface area (Å²) in [7, 11) is 1.58. The Balaban J connectivity index is 3.10. The maximum absolute atomic E-state index is 11.2. The number of rotatable bonds is 5. The minimum absolute atomic E-state index is 0.0194. The van der Waals surface area contributed by atoms with Gasteiger partial charge in [0.05, 0.1) is 10.6 Å². The van der Waals surface area contributed by atoms with Crippen molar-refractivity contribution in [1.29, 1.82) is 0 Å². The van der Waals surface area contributed by atoms with Gasteiger partial charge in [-0.25, -0.2) is 0 Å². The second-order valence-corrected chi connectivity index (χ2v) is 3.96. The minimum atomic E-state index is -0.449. The number of carbonyl (C=O) groups excluding carboxylic acids is 1. The molecule has 1 amide bonds. The molecule has 1 aromatic rings. The van der Waals surface area contributed by atoms with Crippen molar-refractivity contribution in [1.82, 2.24) is 0 Å². The summed E-state index contributed by atoms with van der Waals surface area (Å²) in [5, 5.41) is 14.0. The molecule has 6 nitrogen and oxygen atoms in total. The Kier molecular flexibility index (Phi) is 4.65. The first-order valence-electron chi connectivity index (χ1n) is 5.74. The van der Waals surface area contributed by atoms with E-state index in [4.69, 9.17) is 0 Å². The summed E-state index contributed by atoms with van der Waals surface area (Å²) in [6.45, 7) is 4.06. The zero-order chi connectivity index (χ0) is 13.7. The normalized spacial score (nSPS) is 9.94. The SMILES string of the molecule is CCCNc1ccc(N(C)C(C)=O)cc1[N+](=O)[O-]. The van der Waals surface area contributed by atoms with Crippen LogP contribution in [0.2, 0.25) is 0 Å². The van der Waals surface area contributed by atoms with E-state index in [0.717, 1.165) is 6.42 Å². The average Bonchev–Trinajstić information content (AvgIpc) is 2.34. The van der Waals surface area contributed by atoms with Crippen molar-refractivity contribution in [3.8, 4) is 0 Å². The molecular weight excluding hydrogens is 234 g/mol. The van der Waals surface area contributed by atoms with Gasteiger partial charge >= 0.3 is 0 Å². The molecule has 0 fully saturated rings. The molecule has 1 N–H and O–H groups in total.